The quantitative estimate of drug-likeness (QED) is 0.826. The fraction of sp³-hybridized carbons (Fsp3) is 0.429. The Hall–Kier alpha value is -1.28. The summed E-state index contributed by atoms with van der Waals surface area (Å²) >= 11 is 0. The molecular formula is C14H19NO. The normalized spacial score (nSPS) is 21.1. The lowest BCUT2D eigenvalue weighted by Crippen LogP contribution is -2.15. The van der Waals surface area contributed by atoms with Gasteiger partial charge in [0.15, 0.2) is 0 Å². The summed E-state index contributed by atoms with van der Waals surface area (Å²) in [5.74, 6) is 0.913. The Morgan fingerprint density at radius 3 is 3.00 bits per heavy atom. The number of ether oxygens (including phenoxy) is 1. The van der Waals surface area contributed by atoms with E-state index < -0.39 is 0 Å². The summed E-state index contributed by atoms with van der Waals surface area (Å²) < 4.78 is 5.25. The van der Waals surface area contributed by atoms with Gasteiger partial charge in [0, 0.05) is 6.04 Å². The molecule has 0 saturated heterocycles. The van der Waals surface area contributed by atoms with Crippen LogP contribution in [0.25, 0.3) is 5.57 Å². The van der Waals surface area contributed by atoms with Crippen molar-refractivity contribution in [2.24, 2.45) is 5.73 Å². The van der Waals surface area contributed by atoms with Crippen LogP contribution >= 0.6 is 0 Å². The molecule has 0 radical (unpaired) electrons. The predicted octanol–water partition coefficient (Wildman–Crippen LogP) is 2.98. The van der Waals surface area contributed by atoms with Crippen LogP contribution in [0.2, 0.25) is 0 Å². The summed E-state index contributed by atoms with van der Waals surface area (Å²) in [6.07, 6.45) is 6.90. The van der Waals surface area contributed by atoms with Crippen molar-refractivity contribution < 1.29 is 4.74 Å². The lowest BCUT2D eigenvalue weighted by Gasteiger charge is -2.08. The van der Waals surface area contributed by atoms with Crippen molar-refractivity contribution in [3.63, 3.8) is 0 Å². The van der Waals surface area contributed by atoms with E-state index in [-0.39, 0.29) is 6.04 Å². The van der Waals surface area contributed by atoms with Gasteiger partial charge >= 0.3 is 0 Å². The molecule has 2 heteroatoms. The van der Waals surface area contributed by atoms with Crippen LogP contribution in [-0.2, 0) is 0 Å². The largest absolute Gasteiger partial charge is 0.497 e. The lowest BCUT2D eigenvalue weighted by molar-refractivity contribution is 0.414. The Labute approximate surface area is 97.1 Å². The second kappa shape index (κ2) is 5.17. The van der Waals surface area contributed by atoms with E-state index in [4.69, 9.17) is 10.5 Å². The third kappa shape index (κ3) is 2.64. The van der Waals surface area contributed by atoms with E-state index in [9.17, 15) is 0 Å². The molecule has 1 unspecified atom stereocenters. The zero-order valence-corrected chi connectivity index (χ0v) is 9.78. The fourth-order valence-electron chi connectivity index (χ4n) is 2.18. The summed E-state index contributed by atoms with van der Waals surface area (Å²) in [6.45, 7) is 0. The van der Waals surface area contributed by atoms with Crippen molar-refractivity contribution in [3.05, 3.63) is 35.9 Å². The average molecular weight is 217 g/mol. The number of hydrogen-bond acceptors (Lipinski definition) is 2. The highest BCUT2D eigenvalue weighted by atomic mass is 16.5. The smallest absolute Gasteiger partial charge is 0.119 e. The first-order valence-electron chi connectivity index (χ1n) is 5.90. The molecule has 0 heterocycles. The molecule has 1 aromatic carbocycles. The molecule has 0 spiro atoms. The third-order valence-corrected chi connectivity index (χ3v) is 3.09. The lowest BCUT2D eigenvalue weighted by atomic mass is 10.0. The van der Waals surface area contributed by atoms with Gasteiger partial charge in [0.25, 0.3) is 0 Å². The first-order chi connectivity index (χ1) is 7.79. The zero-order chi connectivity index (χ0) is 11.4. The van der Waals surface area contributed by atoms with Gasteiger partial charge in [-0.3, -0.25) is 0 Å². The second-order valence-corrected chi connectivity index (χ2v) is 4.33. The fourth-order valence-corrected chi connectivity index (χ4v) is 2.18. The zero-order valence-electron chi connectivity index (χ0n) is 9.78. The van der Waals surface area contributed by atoms with Crippen molar-refractivity contribution in [2.45, 2.75) is 31.7 Å². The summed E-state index contributed by atoms with van der Waals surface area (Å²) in [7, 11) is 1.70. The van der Waals surface area contributed by atoms with Crippen molar-refractivity contribution in [1.29, 1.82) is 0 Å². The van der Waals surface area contributed by atoms with E-state index in [1.165, 1.54) is 24.0 Å². The van der Waals surface area contributed by atoms with Crippen molar-refractivity contribution >= 4 is 5.57 Å². The molecule has 1 aliphatic rings. The Balaban J connectivity index is 2.27. The van der Waals surface area contributed by atoms with Crippen LogP contribution in [0.5, 0.6) is 5.75 Å². The van der Waals surface area contributed by atoms with Crippen LogP contribution in [0.4, 0.5) is 0 Å². The Morgan fingerprint density at radius 1 is 1.31 bits per heavy atom. The Kier molecular flexibility index (Phi) is 3.62. The standard InChI is InChI=1S/C14H19NO/c1-16-14-8-4-6-12(10-14)11-5-2-3-7-13(15)9-11/h4,6,8-10,13H,2-3,5,7,15H2,1H3. The van der Waals surface area contributed by atoms with Crippen LogP contribution < -0.4 is 10.5 Å². The monoisotopic (exact) mass is 217 g/mol. The highest BCUT2D eigenvalue weighted by Gasteiger charge is 2.10. The Morgan fingerprint density at radius 2 is 2.19 bits per heavy atom. The van der Waals surface area contributed by atoms with Crippen molar-refractivity contribution in [1.82, 2.24) is 0 Å². The van der Waals surface area contributed by atoms with Gasteiger partial charge in [-0.2, -0.15) is 0 Å². The maximum Gasteiger partial charge on any atom is 0.119 e. The molecule has 2 nitrogen and oxygen atoms in total. The van der Waals surface area contributed by atoms with Gasteiger partial charge < -0.3 is 10.5 Å². The van der Waals surface area contributed by atoms with Crippen LogP contribution in [0.3, 0.4) is 0 Å². The summed E-state index contributed by atoms with van der Waals surface area (Å²) in [5.41, 5.74) is 8.64. The molecule has 16 heavy (non-hydrogen) atoms. The minimum Gasteiger partial charge on any atom is -0.497 e. The second-order valence-electron chi connectivity index (χ2n) is 4.33. The summed E-state index contributed by atoms with van der Waals surface area (Å²) in [4.78, 5) is 0. The summed E-state index contributed by atoms with van der Waals surface area (Å²) in [5, 5.41) is 0. The van der Waals surface area contributed by atoms with Gasteiger partial charge in [-0.15, -0.1) is 0 Å². The van der Waals surface area contributed by atoms with Crippen molar-refractivity contribution in [2.75, 3.05) is 7.11 Å². The molecule has 2 rings (SSSR count). The minimum atomic E-state index is 0.212. The SMILES string of the molecule is COc1cccc(C2=CC(N)CCCC2)c1. The van der Waals surface area contributed by atoms with Gasteiger partial charge in [0.05, 0.1) is 7.11 Å². The minimum absolute atomic E-state index is 0.212. The molecule has 1 aliphatic carbocycles. The van der Waals surface area contributed by atoms with Crippen LogP contribution in [0, 0.1) is 0 Å². The molecule has 2 N–H and O–H groups in total. The first-order valence-corrected chi connectivity index (χ1v) is 5.90. The topological polar surface area (TPSA) is 35.2 Å². The molecule has 1 aromatic rings. The first kappa shape index (κ1) is 11.2. The average Bonchev–Trinajstić information content (AvgIpc) is 2.54. The highest BCUT2D eigenvalue weighted by molar-refractivity contribution is 5.67. The number of hydrogen-bond donors (Lipinski definition) is 1. The van der Waals surface area contributed by atoms with Crippen LogP contribution in [0.15, 0.2) is 30.3 Å². The highest BCUT2D eigenvalue weighted by Crippen LogP contribution is 2.27. The summed E-state index contributed by atoms with van der Waals surface area (Å²) in [6, 6.07) is 8.44. The van der Waals surface area contributed by atoms with Crippen molar-refractivity contribution in [3.8, 4) is 5.75 Å². The maximum atomic E-state index is 6.03. The predicted molar refractivity (Wildman–Crippen MR) is 67.4 cm³/mol. The van der Waals surface area contributed by atoms with E-state index in [1.807, 2.05) is 12.1 Å². The van der Waals surface area contributed by atoms with Gasteiger partial charge in [-0.1, -0.05) is 24.6 Å². The van der Waals surface area contributed by atoms with E-state index in [0.717, 1.165) is 18.6 Å². The van der Waals surface area contributed by atoms with Gasteiger partial charge in [-0.05, 0) is 42.5 Å². The number of rotatable bonds is 2. The molecular weight excluding hydrogens is 198 g/mol. The molecule has 0 aromatic heterocycles. The third-order valence-electron chi connectivity index (χ3n) is 3.09. The number of benzene rings is 1. The van der Waals surface area contributed by atoms with Crippen LogP contribution in [-0.4, -0.2) is 13.2 Å². The molecule has 0 aliphatic heterocycles. The van der Waals surface area contributed by atoms with E-state index in [0.29, 0.717) is 0 Å². The molecule has 86 valence electrons. The van der Waals surface area contributed by atoms with E-state index in [1.54, 1.807) is 7.11 Å². The molecule has 1 atom stereocenters. The van der Waals surface area contributed by atoms with E-state index >= 15 is 0 Å². The number of methoxy groups -OCH3 is 1. The van der Waals surface area contributed by atoms with Crippen LogP contribution in [0.1, 0.15) is 31.2 Å². The van der Waals surface area contributed by atoms with Gasteiger partial charge in [0.1, 0.15) is 5.75 Å². The Bertz CT molecular complexity index is 384. The number of allylic oxidation sites excluding steroid dienone is 1. The number of nitrogens with two attached hydrogens (primary N) is 1. The van der Waals surface area contributed by atoms with Gasteiger partial charge in [0.2, 0.25) is 0 Å². The maximum absolute atomic E-state index is 6.03. The molecule has 0 fully saturated rings. The molecule has 0 bridgehead atoms. The molecule has 0 amide bonds. The van der Waals surface area contributed by atoms with Gasteiger partial charge in [-0.25, -0.2) is 0 Å². The van der Waals surface area contributed by atoms with E-state index in [2.05, 4.69) is 18.2 Å². The molecule has 0 saturated carbocycles.